The number of sulfonamides is 1. The van der Waals surface area contributed by atoms with Crippen molar-refractivity contribution in [2.45, 2.75) is 36.8 Å². The molecule has 5 rings (SSSR count). The Bertz CT molecular complexity index is 1420. The second-order valence-electron chi connectivity index (χ2n) is 9.16. The second kappa shape index (κ2) is 9.41. The van der Waals surface area contributed by atoms with Crippen LogP contribution in [0.3, 0.4) is 0 Å². The molecule has 13 heteroatoms. The molecule has 1 spiro atoms. The molecule has 8 nitrogen and oxygen atoms in total. The van der Waals surface area contributed by atoms with E-state index in [0.717, 1.165) is 0 Å². The van der Waals surface area contributed by atoms with Gasteiger partial charge in [-0.15, -0.1) is 10.2 Å². The number of aromatic nitrogens is 2. The first-order valence-corrected chi connectivity index (χ1v) is 13.4. The van der Waals surface area contributed by atoms with Crippen LogP contribution in [-0.2, 0) is 27.4 Å². The SMILES string of the molecule is O=C1N(c2ccc(Cc3nnc(C(F)(F)F)o3)cc2)CCC12CCN(S(=O)(=O)c1ccccc1Cl)CC2. The van der Waals surface area contributed by atoms with Crippen molar-refractivity contribution in [3.05, 3.63) is 70.9 Å². The number of anilines is 1. The molecule has 0 N–H and O–H groups in total. The van der Waals surface area contributed by atoms with Crippen LogP contribution in [0.5, 0.6) is 0 Å². The summed E-state index contributed by atoms with van der Waals surface area (Å²) in [6, 6.07) is 13.1. The predicted molar refractivity (Wildman–Crippen MR) is 127 cm³/mol. The summed E-state index contributed by atoms with van der Waals surface area (Å²) in [5.74, 6) is -1.60. The first-order chi connectivity index (χ1) is 17.5. The number of carbonyl (C=O) groups excluding carboxylic acids is 1. The molecular formula is C24H22ClF3N4O4S. The van der Waals surface area contributed by atoms with Crippen LogP contribution in [0.15, 0.2) is 57.8 Å². The van der Waals surface area contributed by atoms with Gasteiger partial charge in [-0.3, -0.25) is 4.79 Å². The molecular weight excluding hydrogens is 533 g/mol. The Hall–Kier alpha value is -2.96. The quantitative estimate of drug-likeness (QED) is 0.459. The minimum atomic E-state index is -4.70. The van der Waals surface area contributed by atoms with Crippen LogP contribution in [0, 0.1) is 5.41 Å². The number of carbonyl (C=O) groups is 1. The van der Waals surface area contributed by atoms with Crippen molar-refractivity contribution in [3.8, 4) is 0 Å². The molecule has 2 fully saturated rings. The Labute approximate surface area is 216 Å². The lowest BCUT2D eigenvalue weighted by atomic mass is 9.77. The molecule has 0 radical (unpaired) electrons. The second-order valence-corrected chi connectivity index (χ2v) is 11.5. The fraction of sp³-hybridized carbons (Fsp3) is 0.375. The molecule has 3 heterocycles. The Morgan fingerprint density at radius 2 is 1.62 bits per heavy atom. The Balaban J connectivity index is 1.24. The van der Waals surface area contributed by atoms with Gasteiger partial charge in [0.05, 0.1) is 16.9 Å². The molecule has 1 amide bonds. The van der Waals surface area contributed by atoms with Crippen LogP contribution < -0.4 is 4.90 Å². The van der Waals surface area contributed by atoms with Gasteiger partial charge in [0, 0.05) is 25.3 Å². The molecule has 1 aromatic heterocycles. The molecule has 2 aromatic carbocycles. The number of hydrogen-bond donors (Lipinski definition) is 0. The maximum Gasteiger partial charge on any atom is 0.470 e. The average Bonchev–Trinajstić information content (AvgIpc) is 3.46. The summed E-state index contributed by atoms with van der Waals surface area (Å²) in [7, 11) is -3.76. The summed E-state index contributed by atoms with van der Waals surface area (Å²) in [6.07, 6.45) is -3.26. The lowest BCUT2D eigenvalue weighted by Gasteiger charge is -2.37. The van der Waals surface area contributed by atoms with Gasteiger partial charge in [-0.25, -0.2) is 8.42 Å². The molecule has 0 bridgehead atoms. The Morgan fingerprint density at radius 1 is 0.973 bits per heavy atom. The maximum absolute atomic E-state index is 13.4. The zero-order valence-electron chi connectivity index (χ0n) is 19.4. The number of hydrogen-bond acceptors (Lipinski definition) is 6. The molecule has 2 aliphatic rings. The molecule has 196 valence electrons. The average molecular weight is 555 g/mol. The highest BCUT2D eigenvalue weighted by Gasteiger charge is 2.50. The van der Waals surface area contributed by atoms with E-state index in [-0.39, 0.29) is 41.2 Å². The number of nitrogens with zero attached hydrogens (tertiary/aromatic N) is 4. The van der Waals surface area contributed by atoms with Crippen LogP contribution in [0.2, 0.25) is 5.02 Å². The van der Waals surface area contributed by atoms with Crippen molar-refractivity contribution in [1.82, 2.24) is 14.5 Å². The van der Waals surface area contributed by atoms with Gasteiger partial charge in [-0.1, -0.05) is 35.9 Å². The molecule has 0 unspecified atom stereocenters. The first-order valence-electron chi connectivity index (χ1n) is 11.5. The molecule has 0 saturated carbocycles. The first kappa shape index (κ1) is 25.7. The van der Waals surface area contributed by atoms with Crippen LogP contribution in [0.25, 0.3) is 0 Å². The molecule has 3 aromatic rings. The minimum absolute atomic E-state index is 0.0248. The van der Waals surface area contributed by atoms with Crippen LogP contribution in [-0.4, -0.2) is 48.5 Å². The van der Waals surface area contributed by atoms with Gasteiger partial charge in [-0.2, -0.15) is 17.5 Å². The molecule has 2 saturated heterocycles. The molecule has 2 aliphatic heterocycles. The van der Waals surface area contributed by atoms with Crippen molar-refractivity contribution >= 4 is 33.2 Å². The largest absolute Gasteiger partial charge is 0.470 e. The van der Waals surface area contributed by atoms with Gasteiger partial charge < -0.3 is 9.32 Å². The molecule has 0 aliphatic carbocycles. The number of halogens is 4. The highest BCUT2D eigenvalue weighted by atomic mass is 35.5. The van der Waals surface area contributed by atoms with E-state index in [1.165, 1.54) is 16.4 Å². The van der Waals surface area contributed by atoms with E-state index < -0.39 is 27.5 Å². The third kappa shape index (κ3) is 4.85. The van der Waals surface area contributed by atoms with E-state index in [1.807, 2.05) is 0 Å². The number of piperidine rings is 1. The molecule has 0 atom stereocenters. The van der Waals surface area contributed by atoms with E-state index in [1.54, 1.807) is 41.3 Å². The van der Waals surface area contributed by atoms with Gasteiger partial charge in [0.25, 0.3) is 0 Å². The minimum Gasteiger partial charge on any atom is -0.417 e. The zero-order valence-corrected chi connectivity index (χ0v) is 21.0. The van der Waals surface area contributed by atoms with Crippen molar-refractivity contribution in [2.75, 3.05) is 24.5 Å². The maximum atomic E-state index is 13.4. The summed E-state index contributed by atoms with van der Waals surface area (Å²) in [4.78, 5) is 15.2. The van der Waals surface area contributed by atoms with E-state index in [9.17, 15) is 26.4 Å². The van der Waals surface area contributed by atoms with Crippen LogP contribution >= 0.6 is 11.6 Å². The van der Waals surface area contributed by atoms with Crippen LogP contribution in [0.4, 0.5) is 18.9 Å². The lowest BCUT2D eigenvalue weighted by Crippen LogP contribution is -2.46. The summed E-state index contributed by atoms with van der Waals surface area (Å²) >= 11 is 6.11. The van der Waals surface area contributed by atoms with Gasteiger partial charge in [0.2, 0.25) is 21.8 Å². The smallest absolute Gasteiger partial charge is 0.417 e. The van der Waals surface area contributed by atoms with Crippen molar-refractivity contribution in [2.24, 2.45) is 5.41 Å². The van der Waals surface area contributed by atoms with E-state index in [4.69, 9.17) is 11.6 Å². The van der Waals surface area contributed by atoms with E-state index >= 15 is 0 Å². The summed E-state index contributed by atoms with van der Waals surface area (Å²) < 4.78 is 70.2. The summed E-state index contributed by atoms with van der Waals surface area (Å²) in [5.41, 5.74) is 0.682. The normalized spacial score (nSPS) is 18.6. The number of amides is 1. The third-order valence-corrected chi connectivity index (χ3v) is 9.36. The fourth-order valence-electron chi connectivity index (χ4n) is 4.89. The highest BCUT2D eigenvalue weighted by Crippen LogP contribution is 2.44. The van der Waals surface area contributed by atoms with Gasteiger partial charge in [0.15, 0.2) is 0 Å². The number of benzene rings is 2. The summed E-state index contributed by atoms with van der Waals surface area (Å²) in [6.45, 7) is 0.931. The molecule has 37 heavy (non-hydrogen) atoms. The van der Waals surface area contributed by atoms with Crippen molar-refractivity contribution in [3.63, 3.8) is 0 Å². The highest BCUT2D eigenvalue weighted by molar-refractivity contribution is 7.89. The van der Waals surface area contributed by atoms with E-state index in [2.05, 4.69) is 14.6 Å². The van der Waals surface area contributed by atoms with Crippen molar-refractivity contribution in [1.29, 1.82) is 0 Å². The zero-order chi connectivity index (χ0) is 26.4. The fourth-order valence-corrected chi connectivity index (χ4v) is 6.82. The predicted octanol–water partition coefficient (Wildman–Crippen LogP) is 4.54. The third-order valence-electron chi connectivity index (χ3n) is 6.96. The van der Waals surface area contributed by atoms with Gasteiger partial charge in [0.1, 0.15) is 4.90 Å². The monoisotopic (exact) mass is 554 g/mol. The number of rotatable bonds is 5. The number of alkyl halides is 3. The lowest BCUT2D eigenvalue weighted by molar-refractivity contribution is -0.157. The standard InChI is InChI=1S/C24H22ClF3N4O4S/c25-18-3-1-2-4-19(18)37(34,35)31-12-9-23(10-13-31)11-14-32(22(23)33)17-7-5-16(6-8-17)15-20-29-30-21(36-20)24(26,27)28/h1-8H,9-15H2. The van der Waals surface area contributed by atoms with Crippen molar-refractivity contribution < 1.29 is 30.8 Å². The Kier molecular flexibility index (Phi) is 6.53. The summed E-state index contributed by atoms with van der Waals surface area (Å²) in [5, 5.41) is 6.62. The van der Waals surface area contributed by atoms with Crippen LogP contribution in [0.1, 0.15) is 36.6 Å². The van der Waals surface area contributed by atoms with E-state index in [0.29, 0.717) is 37.1 Å². The Morgan fingerprint density at radius 3 is 2.24 bits per heavy atom. The topological polar surface area (TPSA) is 96.6 Å². The van der Waals surface area contributed by atoms with Gasteiger partial charge >= 0.3 is 12.1 Å². The van der Waals surface area contributed by atoms with Gasteiger partial charge in [-0.05, 0) is 49.1 Å².